The van der Waals surface area contributed by atoms with Crippen LogP contribution in [0.25, 0.3) is 5.69 Å². The van der Waals surface area contributed by atoms with Crippen molar-refractivity contribution in [3.63, 3.8) is 0 Å². The maximum Gasteiger partial charge on any atom is 0.358 e. The van der Waals surface area contributed by atoms with Crippen LogP contribution in [0.1, 0.15) is 27.8 Å². The van der Waals surface area contributed by atoms with Crippen molar-refractivity contribution in [2.24, 2.45) is 0 Å². The van der Waals surface area contributed by atoms with Crippen LogP contribution in [0.5, 0.6) is 0 Å². The predicted molar refractivity (Wildman–Crippen MR) is 101 cm³/mol. The van der Waals surface area contributed by atoms with E-state index in [1.807, 2.05) is 0 Å². The van der Waals surface area contributed by atoms with Crippen LogP contribution in [0.4, 0.5) is 11.4 Å². The zero-order chi connectivity index (χ0) is 20.1. The van der Waals surface area contributed by atoms with Gasteiger partial charge in [0.2, 0.25) is 0 Å². The van der Waals surface area contributed by atoms with Crippen LogP contribution in [-0.4, -0.2) is 33.2 Å². The van der Waals surface area contributed by atoms with Crippen molar-refractivity contribution in [2.75, 3.05) is 11.9 Å². The molecule has 3 rings (SSSR count). The molecule has 0 aliphatic rings. The highest BCUT2D eigenvalue weighted by Gasteiger charge is 2.19. The molecule has 0 spiro atoms. The topological polar surface area (TPSA) is 116 Å². The lowest BCUT2D eigenvalue weighted by Gasteiger charge is -2.08. The van der Waals surface area contributed by atoms with Gasteiger partial charge in [-0.25, -0.2) is 9.48 Å². The van der Waals surface area contributed by atoms with E-state index in [9.17, 15) is 19.7 Å². The average Bonchev–Trinajstić information content (AvgIpc) is 3.19. The van der Waals surface area contributed by atoms with Gasteiger partial charge in [-0.05, 0) is 37.3 Å². The fourth-order valence-corrected chi connectivity index (χ4v) is 2.53. The van der Waals surface area contributed by atoms with E-state index in [1.165, 1.54) is 28.9 Å². The molecule has 0 aliphatic heterocycles. The number of carbonyl (C=O) groups is 2. The van der Waals surface area contributed by atoms with Crippen molar-refractivity contribution in [1.82, 2.24) is 9.78 Å². The van der Waals surface area contributed by atoms with Gasteiger partial charge in [-0.15, -0.1) is 0 Å². The lowest BCUT2D eigenvalue weighted by molar-refractivity contribution is -0.385. The fourth-order valence-electron chi connectivity index (χ4n) is 2.53. The third-order valence-electron chi connectivity index (χ3n) is 3.79. The molecule has 0 aliphatic carbocycles. The van der Waals surface area contributed by atoms with Gasteiger partial charge in [0.25, 0.3) is 11.6 Å². The Morgan fingerprint density at radius 2 is 1.96 bits per heavy atom. The van der Waals surface area contributed by atoms with E-state index >= 15 is 0 Å². The highest BCUT2D eigenvalue weighted by Crippen LogP contribution is 2.20. The number of aromatic nitrogens is 2. The summed E-state index contributed by atoms with van der Waals surface area (Å²) in [6.07, 6.45) is 1.59. The van der Waals surface area contributed by atoms with Crippen molar-refractivity contribution >= 4 is 23.3 Å². The average molecular weight is 380 g/mol. The number of nitro benzene ring substituents is 1. The first-order valence-corrected chi connectivity index (χ1v) is 8.37. The Balaban J connectivity index is 1.82. The van der Waals surface area contributed by atoms with Crippen LogP contribution in [0.3, 0.4) is 0 Å². The molecular weight excluding hydrogens is 364 g/mol. The van der Waals surface area contributed by atoms with Crippen LogP contribution in [0.2, 0.25) is 0 Å². The number of nitro groups is 1. The number of hydrogen-bond donors (Lipinski definition) is 1. The minimum Gasteiger partial charge on any atom is -0.461 e. The molecule has 0 atom stereocenters. The Hall–Kier alpha value is -4.01. The van der Waals surface area contributed by atoms with Gasteiger partial charge in [-0.2, -0.15) is 5.10 Å². The molecule has 0 unspecified atom stereocenters. The molecule has 1 aromatic heterocycles. The second kappa shape index (κ2) is 8.12. The number of benzene rings is 2. The van der Waals surface area contributed by atoms with Gasteiger partial charge in [0.05, 0.1) is 17.2 Å². The first-order valence-electron chi connectivity index (χ1n) is 8.37. The summed E-state index contributed by atoms with van der Waals surface area (Å²) in [5.41, 5.74) is 0.866. The summed E-state index contributed by atoms with van der Waals surface area (Å²) in [5, 5.41) is 17.9. The first kappa shape index (κ1) is 18.8. The molecule has 0 saturated carbocycles. The summed E-state index contributed by atoms with van der Waals surface area (Å²) >= 11 is 0. The lowest BCUT2D eigenvalue weighted by atomic mass is 10.1. The van der Waals surface area contributed by atoms with Crippen LogP contribution < -0.4 is 5.32 Å². The minimum atomic E-state index is -0.605. The highest BCUT2D eigenvalue weighted by atomic mass is 16.6. The molecule has 3 aromatic rings. The maximum atomic E-state index is 12.5. The SMILES string of the molecule is CCOC(=O)c1ccn(-c2cccc(NC(=O)c3ccccc3[N+](=O)[O-])c2)n1. The zero-order valence-corrected chi connectivity index (χ0v) is 14.9. The van der Waals surface area contributed by atoms with Crippen LogP contribution in [-0.2, 0) is 4.74 Å². The van der Waals surface area contributed by atoms with E-state index in [0.717, 1.165) is 0 Å². The van der Waals surface area contributed by atoms with Crippen LogP contribution in [0.15, 0.2) is 60.8 Å². The van der Waals surface area contributed by atoms with Crippen LogP contribution in [0, 0.1) is 10.1 Å². The molecule has 0 fully saturated rings. The second-order valence-corrected chi connectivity index (χ2v) is 5.64. The van der Waals surface area contributed by atoms with Gasteiger partial charge < -0.3 is 10.1 Å². The van der Waals surface area contributed by atoms with E-state index in [2.05, 4.69) is 10.4 Å². The van der Waals surface area contributed by atoms with E-state index in [1.54, 1.807) is 43.5 Å². The second-order valence-electron chi connectivity index (χ2n) is 5.64. The van der Waals surface area contributed by atoms with E-state index in [4.69, 9.17) is 4.74 Å². The van der Waals surface area contributed by atoms with Crippen molar-refractivity contribution in [3.05, 3.63) is 82.2 Å². The Morgan fingerprint density at radius 3 is 2.71 bits per heavy atom. The molecule has 142 valence electrons. The van der Waals surface area contributed by atoms with Gasteiger partial charge in [0, 0.05) is 18.0 Å². The molecule has 28 heavy (non-hydrogen) atoms. The smallest absolute Gasteiger partial charge is 0.358 e. The number of amides is 1. The lowest BCUT2D eigenvalue weighted by Crippen LogP contribution is -2.14. The molecule has 9 heteroatoms. The number of esters is 1. The third kappa shape index (κ3) is 4.04. The van der Waals surface area contributed by atoms with Gasteiger partial charge >= 0.3 is 5.97 Å². The Bertz CT molecular complexity index is 1040. The Morgan fingerprint density at radius 1 is 1.18 bits per heavy atom. The fraction of sp³-hybridized carbons (Fsp3) is 0.105. The number of carbonyl (C=O) groups excluding carboxylic acids is 2. The molecule has 9 nitrogen and oxygen atoms in total. The normalized spacial score (nSPS) is 10.3. The van der Waals surface area contributed by atoms with Gasteiger partial charge in [-0.1, -0.05) is 18.2 Å². The standard InChI is InChI=1S/C19H16N4O5/c1-2-28-19(25)16-10-11-22(21-16)14-7-5-6-13(12-14)20-18(24)15-8-3-4-9-17(15)23(26)27/h3-12H,2H2,1H3,(H,20,24). The van der Waals surface area contributed by atoms with Crippen molar-refractivity contribution in [2.45, 2.75) is 6.92 Å². The molecule has 0 radical (unpaired) electrons. The first-order chi connectivity index (χ1) is 13.5. The van der Waals surface area contributed by atoms with Gasteiger partial charge in [0.15, 0.2) is 5.69 Å². The maximum absolute atomic E-state index is 12.5. The minimum absolute atomic E-state index is 0.0402. The van der Waals surface area contributed by atoms with E-state index in [0.29, 0.717) is 11.4 Å². The third-order valence-corrected chi connectivity index (χ3v) is 3.79. The molecule has 1 amide bonds. The number of para-hydroxylation sites is 1. The zero-order valence-electron chi connectivity index (χ0n) is 14.9. The number of anilines is 1. The number of hydrogen-bond acceptors (Lipinski definition) is 6. The molecule has 1 heterocycles. The molecule has 1 N–H and O–H groups in total. The van der Waals surface area contributed by atoms with E-state index < -0.39 is 16.8 Å². The quantitative estimate of drug-likeness (QED) is 0.399. The largest absolute Gasteiger partial charge is 0.461 e. The number of nitrogens with zero attached hydrogens (tertiary/aromatic N) is 3. The molecule has 2 aromatic carbocycles. The predicted octanol–water partition coefficient (Wildman–Crippen LogP) is 3.21. The van der Waals surface area contributed by atoms with Crippen molar-refractivity contribution < 1.29 is 19.2 Å². The Kier molecular flexibility index (Phi) is 5.45. The summed E-state index contributed by atoms with van der Waals surface area (Å²) < 4.78 is 6.37. The van der Waals surface area contributed by atoms with Crippen molar-refractivity contribution in [1.29, 1.82) is 0 Å². The summed E-state index contributed by atoms with van der Waals surface area (Å²) in [4.78, 5) is 34.7. The molecule has 0 bridgehead atoms. The Labute approximate surface area is 159 Å². The summed E-state index contributed by atoms with van der Waals surface area (Å²) in [5.74, 6) is -1.13. The number of ether oxygens (including phenoxy) is 1. The highest BCUT2D eigenvalue weighted by molar-refractivity contribution is 6.07. The number of rotatable bonds is 6. The van der Waals surface area contributed by atoms with E-state index in [-0.39, 0.29) is 23.6 Å². The molecule has 0 saturated heterocycles. The monoisotopic (exact) mass is 380 g/mol. The molecular formula is C19H16N4O5. The summed E-state index contributed by atoms with van der Waals surface area (Å²) in [6.45, 7) is 1.96. The summed E-state index contributed by atoms with van der Waals surface area (Å²) in [7, 11) is 0. The summed E-state index contributed by atoms with van der Waals surface area (Å²) in [6, 6.07) is 13.9. The van der Waals surface area contributed by atoms with Crippen LogP contribution >= 0.6 is 0 Å². The number of nitrogens with one attached hydrogen (secondary N) is 1. The van der Waals surface area contributed by atoms with Crippen molar-refractivity contribution in [3.8, 4) is 5.69 Å². The van der Waals surface area contributed by atoms with Gasteiger partial charge in [0.1, 0.15) is 5.56 Å². The van der Waals surface area contributed by atoms with Gasteiger partial charge in [-0.3, -0.25) is 14.9 Å².